The van der Waals surface area contributed by atoms with Crippen molar-refractivity contribution in [3.05, 3.63) is 23.8 Å². The summed E-state index contributed by atoms with van der Waals surface area (Å²) in [5, 5.41) is 15.6. The first-order valence-electron chi connectivity index (χ1n) is 6.84. The highest BCUT2D eigenvalue weighted by Crippen LogP contribution is 2.36. The quantitative estimate of drug-likeness (QED) is 0.868. The summed E-state index contributed by atoms with van der Waals surface area (Å²) in [6, 6.07) is 2.32. The third-order valence-corrected chi connectivity index (χ3v) is 3.74. The Labute approximate surface area is 117 Å². The molecule has 1 atom stereocenters. The van der Waals surface area contributed by atoms with Crippen LogP contribution in [0.15, 0.2) is 16.7 Å². The first-order valence-corrected chi connectivity index (χ1v) is 6.84. The molecule has 2 aromatic heterocycles. The molecule has 2 aromatic rings. The maximum absolute atomic E-state index is 5.68. The molecule has 20 heavy (non-hydrogen) atoms. The molecule has 3 rings (SSSR count). The average molecular weight is 277 g/mol. The van der Waals surface area contributed by atoms with Crippen molar-refractivity contribution in [1.82, 2.24) is 20.0 Å². The Balaban J connectivity index is 1.72. The molecule has 0 spiro atoms. The molecule has 7 heteroatoms. The number of ether oxygens (including phenoxy) is 1. The monoisotopic (exact) mass is 277 g/mol. The normalized spacial score (nSPS) is 16.9. The van der Waals surface area contributed by atoms with Gasteiger partial charge in [0.1, 0.15) is 0 Å². The number of hydrogen-bond acceptors (Lipinski definition) is 6. The number of anilines is 1. The van der Waals surface area contributed by atoms with Crippen molar-refractivity contribution in [3.8, 4) is 0 Å². The van der Waals surface area contributed by atoms with E-state index in [0.717, 1.165) is 24.4 Å². The third-order valence-electron chi connectivity index (χ3n) is 3.74. The van der Waals surface area contributed by atoms with Gasteiger partial charge >= 0.3 is 6.01 Å². The van der Waals surface area contributed by atoms with E-state index in [1.807, 2.05) is 13.1 Å². The highest BCUT2D eigenvalue weighted by atomic mass is 16.5. The lowest BCUT2D eigenvalue weighted by Gasteiger charge is -2.21. The van der Waals surface area contributed by atoms with Crippen LogP contribution in [0.5, 0.6) is 0 Å². The molecule has 1 aliphatic rings. The molecule has 1 fully saturated rings. The number of methoxy groups -OCH3 is 1. The fourth-order valence-corrected chi connectivity index (χ4v) is 2.36. The van der Waals surface area contributed by atoms with Gasteiger partial charge in [0.15, 0.2) is 0 Å². The van der Waals surface area contributed by atoms with Crippen molar-refractivity contribution in [1.29, 1.82) is 0 Å². The number of aryl methyl sites for hydroxylation is 1. The number of rotatable bonds is 6. The molecule has 1 saturated carbocycles. The van der Waals surface area contributed by atoms with Gasteiger partial charge in [-0.2, -0.15) is 5.10 Å². The van der Waals surface area contributed by atoms with Crippen molar-refractivity contribution in [2.45, 2.75) is 31.2 Å². The van der Waals surface area contributed by atoms with Crippen LogP contribution < -0.4 is 5.32 Å². The average Bonchev–Trinajstić information content (AvgIpc) is 2.96. The second-order valence-electron chi connectivity index (χ2n) is 5.11. The number of nitrogens with one attached hydrogen (secondary N) is 1. The fraction of sp³-hybridized carbons (Fsp3) is 0.615. The Morgan fingerprint density at radius 1 is 1.50 bits per heavy atom. The summed E-state index contributed by atoms with van der Waals surface area (Å²) in [5.74, 6) is 1.18. The van der Waals surface area contributed by atoms with E-state index in [1.165, 1.54) is 6.42 Å². The van der Waals surface area contributed by atoms with E-state index in [1.54, 1.807) is 18.0 Å². The van der Waals surface area contributed by atoms with E-state index in [9.17, 15) is 0 Å². The summed E-state index contributed by atoms with van der Waals surface area (Å²) in [4.78, 5) is 0. The summed E-state index contributed by atoms with van der Waals surface area (Å²) >= 11 is 0. The molecule has 1 N–H and O–H groups in total. The summed E-state index contributed by atoms with van der Waals surface area (Å²) < 4.78 is 12.7. The van der Waals surface area contributed by atoms with Crippen LogP contribution in [0.2, 0.25) is 0 Å². The van der Waals surface area contributed by atoms with Gasteiger partial charge in [0, 0.05) is 26.3 Å². The smallest absolute Gasteiger partial charge is 0.316 e. The highest BCUT2D eigenvalue weighted by molar-refractivity contribution is 5.25. The molecule has 0 amide bonds. The highest BCUT2D eigenvalue weighted by Gasteiger charge is 2.26. The van der Waals surface area contributed by atoms with Gasteiger partial charge in [-0.25, -0.2) is 0 Å². The molecule has 0 aromatic carbocycles. The lowest BCUT2D eigenvalue weighted by atomic mass is 9.85. The Morgan fingerprint density at radius 3 is 2.95 bits per heavy atom. The topological polar surface area (TPSA) is 78.0 Å². The Bertz CT molecular complexity index is 561. The summed E-state index contributed by atoms with van der Waals surface area (Å²) in [5.41, 5.74) is 1.01. The molecule has 108 valence electrons. The van der Waals surface area contributed by atoms with Gasteiger partial charge in [-0.15, -0.1) is 5.10 Å². The molecule has 0 unspecified atom stereocenters. The maximum Gasteiger partial charge on any atom is 0.316 e. The molecular formula is C13H19N5O2. The van der Waals surface area contributed by atoms with E-state index in [0.29, 0.717) is 18.5 Å². The molecule has 0 radical (unpaired) electrons. The van der Waals surface area contributed by atoms with Gasteiger partial charge in [0.25, 0.3) is 0 Å². The minimum Gasteiger partial charge on any atom is -0.408 e. The van der Waals surface area contributed by atoms with E-state index in [-0.39, 0.29) is 6.04 Å². The zero-order chi connectivity index (χ0) is 13.9. The van der Waals surface area contributed by atoms with Crippen molar-refractivity contribution in [2.24, 2.45) is 7.05 Å². The van der Waals surface area contributed by atoms with Gasteiger partial charge in [0.05, 0.1) is 18.3 Å². The Morgan fingerprint density at radius 2 is 2.35 bits per heavy atom. The minimum absolute atomic E-state index is 0.0674. The second-order valence-corrected chi connectivity index (χ2v) is 5.11. The van der Waals surface area contributed by atoms with Crippen LogP contribution in [0, 0.1) is 0 Å². The molecule has 0 aliphatic heterocycles. The molecule has 0 bridgehead atoms. The molecular weight excluding hydrogens is 258 g/mol. The van der Waals surface area contributed by atoms with Crippen LogP contribution in [0.3, 0.4) is 0 Å². The Kier molecular flexibility index (Phi) is 3.68. The number of hydrogen-bond donors (Lipinski definition) is 1. The second kappa shape index (κ2) is 5.62. The van der Waals surface area contributed by atoms with Crippen LogP contribution in [-0.4, -0.2) is 33.7 Å². The van der Waals surface area contributed by atoms with Crippen molar-refractivity contribution in [2.75, 3.05) is 19.0 Å². The lowest BCUT2D eigenvalue weighted by molar-refractivity contribution is 0.183. The SMILES string of the molecule is COC[C@H](Nc1nnc(C2CCC2)o1)c1ccnn1C. The minimum atomic E-state index is -0.0674. The maximum atomic E-state index is 5.68. The molecule has 0 saturated heterocycles. The summed E-state index contributed by atoms with van der Waals surface area (Å²) in [6.07, 6.45) is 5.29. The predicted molar refractivity (Wildman–Crippen MR) is 72.3 cm³/mol. The summed E-state index contributed by atoms with van der Waals surface area (Å²) in [7, 11) is 3.56. The van der Waals surface area contributed by atoms with Crippen LogP contribution in [-0.2, 0) is 11.8 Å². The predicted octanol–water partition coefficient (Wildman–Crippen LogP) is 1.87. The van der Waals surface area contributed by atoms with Gasteiger partial charge < -0.3 is 14.5 Å². The first kappa shape index (κ1) is 13.1. The van der Waals surface area contributed by atoms with E-state index >= 15 is 0 Å². The van der Waals surface area contributed by atoms with E-state index < -0.39 is 0 Å². The van der Waals surface area contributed by atoms with Gasteiger partial charge in [-0.05, 0) is 18.9 Å². The fourth-order valence-electron chi connectivity index (χ4n) is 2.36. The van der Waals surface area contributed by atoms with Crippen molar-refractivity contribution in [3.63, 3.8) is 0 Å². The third kappa shape index (κ3) is 2.53. The van der Waals surface area contributed by atoms with Crippen LogP contribution in [0.25, 0.3) is 0 Å². The number of aromatic nitrogens is 4. The number of nitrogens with zero attached hydrogens (tertiary/aromatic N) is 4. The molecule has 1 aliphatic carbocycles. The van der Waals surface area contributed by atoms with Crippen LogP contribution >= 0.6 is 0 Å². The van der Waals surface area contributed by atoms with Crippen molar-refractivity contribution >= 4 is 6.01 Å². The zero-order valence-electron chi connectivity index (χ0n) is 11.7. The van der Waals surface area contributed by atoms with E-state index in [2.05, 4.69) is 20.6 Å². The van der Waals surface area contributed by atoms with Gasteiger partial charge in [-0.1, -0.05) is 11.5 Å². The van der Waals surface area contributed by atoms with Gasteiger partial charge in [-0.3, -0.25) is 4.68 Å². The molecule has 7 nitrogen and oxygen atoms in total. The first-order chi connectivity index (χ1) is 9.78. The largest absolute Gasteiger partial charge is 0.408 e. The Hall–Kier alpha value is -1.89. The lowest BCUT2D eigenvalue weighted by Crippen LogP contribution is -2.19. The van der Waals surface area contributed by atoms with E-state index in [4.69, 9.17) is 9.15 Å². The standard InChI is InChI=1S/C13H19N5O2/c1-18-11(6-7-14-18)10(8-19-2)15-13-17-16-12(20-13)9-4-3-5-9/h6-7,9-10H,3-5,8H2,1-2H3,(H,15,17)/t10-/m0/s1. The van der Waals surface area contributed by atoms with Gasteiger partial charge in [0.2, 0.25) is 5.89 Å². The molecule has 2 heterocycles. The van der Waals surface area contributed by atoms with Crippen LogP contribution in [0.4, 0.5) is 6.01 Å². The van der Waals surface area contributed by atoms with Crippen molar-refractivity contribution < 1.29 is 9.15 Å². The van der Waals surface area contributed by atoms with Crippen LogP contribution in [0.1, 0.15) is 42.8 Å². The zero-order valence-corrected chi connectivity index (χ0v) is 11.7. The summed E-state index contributed by atoms with van der Waals surface area (Å²) in [6.45, 7) is 0.501.